The van der Waals surface area contributed by atoms with Gasteiger partial charge in [-0.15, -0.1) is 0 Å². The van der Waals surface area contributed by atoms with Gasteiger partial charge in [0.15, 0.2) is 5.16 Å². The Bertz CT molecular complexity index is 1230. The van der Waals surface area contributed by atoms with Crippen LogP contribution in [0.1, 0.15) is 24.9 Å². The summed E-state index contributed by atoms with van der Waals surface area (Å²) in [7, 11) is 1.59. The normalized spacial score (nSPS) is 12.0. The molecule has 8 heteroatoms. The lowest BCUT2D eigenvalue weighted by Gasteiger charge is -2.20. The third-order valence-electron chi connectivity index (χ3n) is 5.08. The smallest absolute Gasteiger partial charge is 0.247 e. The Morgan fingerprint density at radius 3 is 2.78 bits per heavy atom. The number of methoxy groups -OCH3 is 1. The Labute approximate surface area is 189 Å². The van der Waals surface area contributed by atoms with E-state index in [9.17, 15) is 9.18 Å². The molecule has 0 radical (unpaired) electrons. The highest BCUT2D eigenvalue weighted by atomic mass is 32.2. The fourth-order valence-electron chi connectivity index (χ4n) is 3.46. The number of carbonyl (C=O) groups is 1. The number of amides is 1. The van der Waals surface area contributed by atoms with Crippen molar-refractivity contribution in [3.05, 3.63) is 78.4 Å². The number of nitrogens with zero attached hydrogens (tertiary/aromatic N) is 3. The third kappa shape index (κ3) is 4.75. The number of halogens is 1. The molecule has 0 aliphatic rings. The second kappa shape index (κ2) is 9.82. The summed E-state index contributed by atoms with van der Waals surface area (Å²) in [4.78, 5) is 22.3. The van der Waals surface area contributed by atoms with Gasteiger partial charge in [0, 0.05) is 23.7 Å². The zero-order valence-electron chi connectivity index (χ0n) is 17.8. The first-order valence-electron chi connectivity index (χ1n) is 10.2. The summed E-state index contributed by atoms with van der Waals surface area (Å²) in [6, 6.07) is 15.0. The Morgan fingerprint density at radius 1 is 1.22 bits per heavy atom. The molecular formula is C24H23FN4O2S. The summed E-state index contributed by atoms with van der Waals surface area (Å²) in [5, 5.41) is 3.70. The Kier molecular flexibility index (Phi) is 6.70. The van der Waals surface area contributed by atoms with Crippen molar-refractivity contribution in [2.24, 2.45) is 0 Å². The largest absolute Gasteiger partial charge is 0.497 e. The summed E-state index contributed by atoms with van der Waals surface area (Å²) in [6.45, 7) is 1.96. The number of ether oxygens (including phenoxy) is 1. The zero-order chi connectivity index (χ0) is 22.5. The van der Waals surface area contributed by atoms with Crippen LogP contribution in [0.25, 0.3) is 11.0 Å². The third-order valence-corrected chi connectivity index (χ3v) is 6.10. The molecule has 0 aliphatic heterocycles. The number of hydrogen-bond acceptors (Lipinski definition) is 5. The molecule has 0 bridgehead atoms. The van der Waals surface area contributed by atoms with Gasteiger partial charge in [0.2, 0.25) is 5.91 Å². The minimum Gasteiger partial charge on any atom is -0.497 e. The van der Waals surface area contributed by atoms with Crippen LogP contribution in [-0.4, -0.2) is 27.6 Å². The first-order chi connectivity index (χ1) is 15.6. The van der Waals surface area contributed by atoms with Gasteiger partial charge in [0.25, 0.3) is 0 Å². The van der Waals surface area contributed by atoms with E-state index in [4.69, 9.17) is 9.72 Å². The number of nitrogens with one attached hydrogen (secondary N) is 1. The maximum absolute atomic E-state index is 13.3. The number of imidazole rings is 1. The first kappa shape index (κ1) is 21.8. The first-order valence-corrected chi connectivity index (χ1v) is 11.2. The molecular weight excluding hydrogens is 427 g/mol. The minimum absolute atomic E-state index is 0.146. The van der Waals surface area contributed by atoms with Gasteiger partial charge in [-0.1, -0.05) is 36.9 Å². The van der Waals surface area contributed by atoms with Crippen molar-refractivity contribution in [3.8, 4) is 5.75 Å². The number of anilines is 1. The Hall–Kier alpha value is -3.39. The summed E-state index contributed by atoms with van der Waals surface area (Å²) < 4.78 is 20.4. The number of pyridine rings is 1. The molecule has 4 rings (SSSR count). The van der Waals surface area contributed by atoms with E-state index < -0.39 is 6.04 Å². The van der Waals surface area contributed by atoms with Crippen molar-refractivity contribution in [3.63, 3.8) is 0 Å². The van der Waals surface area contributed by atoms with E-state index in [0.29, 0.717) is 28.8 Å². The number of fused-ring (bicyclic) bond motifs is 1. The zero-order valence-corrected chi connectivity index (χ0v) is 18.6. The lowest BCUT2D eigenvalue weighted by Crippen LogP contribution is -2.26. The number of hydrogen-bond donors (Lipinski definition) is 1. The molecule has 4 aromatic rings. The predicted molar refractivity (Wildman–Crippen MR) is 124 cm³/mol. The van der Waals surface area contributed by atoms with Crippen LogP contribution >= 0.6 is 11.8 Å². The molecule has 0 fully saturated rings. The van der Waals surface area contributed by atoms with E-state index >= 15 is 0 Å². The lowest BCUT2D eigenvalue weighted by molar-refractivity contribution is -0.119. The molecule has 1 amide bonds. The quantitative estimate of drug-likeness (QED) is 0.361. The SMILES string of the molecule is CC[C@@H](C(=O)Nc1cccc(OC)c1)n1c(SCc2ccc(F)cc2)nc2ccncc21. The highest BCUT2D eigenvalue weighted by Gasteiger charge is 2.25. The van der Waals surface area contributed by atoms with Crippen LogP contribution in [0, 0.1) is 5.82 Å². The molecule has 164 valence electrons. The van der Waals surface area contributed by atoms with Crippen molar-refractivity contribution >= 4 is 34.4 Å². The van der Waals surface area contributed by atoms with Crippen molar-refractivity contribution in [2.45, 2.75) is 30.3 Å². The second-order valence-corrected chi connectivity index (χ2v) is 8.13. The van der Waals surface area contributed by atoms with Crippen LogP contribution in [0.2, 0.25) is 0 Å². The molecule has 2 aromatic heterocycles. The number of benzene rings is 2. The van der Waals surface area contributed by atoms with Gasteiger partial charge < -0.3 is 14.6 Å². The van der Waals surface area contributed by atoms with E-state index in [-0.39, 0.29) is 11.7 Å². The van der Waals surface area contributed by atoms with Crippen molar-refractivity contribution in [1.82, 2.24) is 14.5 Å². The number of thioether (sulfide) groups is 1. The van der Waals surface area contributed by atoms with Gasteiger partial charge >= 0.3 is 0 Å². The highest BCUT2D eigenvalue weighted by molar-refractivity contribution is 7.98. The van der Waals surface area contributed by atoms with Crippen LogP contribution in [0.15, 0.2) is 72.1 Å². The molecule has 0 saturated carbocycles. The summed E-state index contributed by atoms with van der Waals surface area (Å²) in [6.07, 6.45) is 3.98. The highest BCUT2D eigenvalue weighted by Crippen LogP contribution is 2.31. The number of rotatable bonds is 8. The monoisotopic (exact) mass is 450 g/mol. The summed E-state index contributed by atoms with van der Waals surface area (Å²) in [5.41, 5.74) is 3.20. The fraction of sp³-hybridized carbons (Fsp3) is 0.208. The van der Waals surface area contributed by atoms with Gasteiger partial charge in [0.1, 0.15) is 17.6 Å². The number of carbonyl (C=O) groups excluding carboxylic acids is 1. The van der Waals surface area contributed by atoms with Gasteiger partial charge in [-0.05, 0) is 42.3 Å². The Balaban J connectivity index is 1.64. The van der Waals surface area contributed by atoms with Crippen LogP contribution in [0.5, 0.6) is 5.75 Å². The molecule has 2 aromatic carbocycles. The van der Waals surface area contributed by atoms with Gasteiger partial charge in [0.05, 0.1) is 24.3 Å². The van der Waals surface area contributed by atoms with Crippen LogP contribution in [-0.2, 0) is 10.5 Å². The van der Waals surface area contributed by atoms with E-state index in [1.807, 2.05) is 35.8 Å². The van der Waals surface area contributed by atoms with E-state index in [1.165, 1.54) is 23.9 Å². The molecule has 32 heavy (non-hydrogen) atoms. The summed E-state index contributed by atoms with van der Waals surface area (Å²) >= 11 is 1.51. The van der Waals surface area contributed by atoms with Crippen molar-refractivity contribution in [2.75, 3.05) is 12.4 Å². The summed E-state index contributed by atoms with van der Waals surface area (Å²) in [5.74, 6) is 0.860. The van der Waals surface area contributed by atoms with Crippen molar-refractivity contribution in [1.29, 1.82) is 0 Å². The van der Waals surface area contributed by atoms with Gasteiger partial charge in [-0.3, -0.25) is 9.78 Å². The van der Waals surface area contributed by atoms with E-state index in [0.717, 1.165) is 16.6 Å². The fourth-order valence-corrected chi connectivity index (χ4v) is 4.48. The average Bonchev–Trinajstić information content (AvgIpc) is 3.17. The molecule has 0 spiro atoms. The van der Waals surface area contributed by atoms with Crippen LogP contribution in [0.3, 0.4) is 0 Å². The Morgan fingerprint density at radius 2 is 2.03 bits per heavy atom. The molecule has 0 saturated heterocycles. The van der Waals surface area contributed by atoms with Crippen molar-refractivity contribution < 1.29 is 13.9 Å². The van der Waals surface area contributed by atoms with Crippen LogP contribution in [0.4, 0.5) is 10.1 Å². The maximum atomic E-state index is 13.3. The molecule has 0 aliphatic carbocycles. The molecule has 2 heterocycles. The lowest BCUT2D eigenvalue weighted by atomic mass is 10.2. The standard InChI is InChI=1S/C24H23FN4O2S/c1-3-21(23(30)27-18-5-4-6-19(13-18)31-2)29-22-14-26-12-11-20(22)28-24(29)32-15-16-7-9-17(25)10-8-16/h4-14,21H,3,15H2,1-2H3,(H,27,30)/t21-/m0/s1. The van der Waals surface area contributed by atoms with Crippen LogP contribution < -0.4 is 10.1 Å². The topological polar surface area (TPSA) is 69.0 Å². The van der Waals surface area contributed by atoms with E-state index in [1.54, 1.807) is 37.7 Å². The molecule has 0 unspecified atom stereocenters. The van der Waals surface area contributed by atoms with Gasteiger partial charge in [-0.25, -0.2) is 9.37 Å². The number of aromatic nitrogens is 3. The minimum atomic E-state index is -0.480. The maximum Gasteiger partial charge on any atom is 0.247 e. The molecule has 1 atom stereocenters. The van der Waals surface area contributed by atoms with Gasteiger partial charge in [-0.2, -0.15) is 0 Å². The molecule has 6 nitrogen and oxygen atoms in total. The van der Waals surface area contributed by atoms with E-state index in [2.05, 4.69) is 10.3 Å². The second-order valence-electron chi connectivity index (χ2n) is 7.19. The average molecular weight is 451 g/mol. The molecule has 1 N–H and O–H groups in total. The predicted octanol–water partition coefficient (Wildman–Crippen LogP) is 5.46.